The molecule has 9 heteroatoms. The number of sulfonamides is 1. The molecule has 110 valence electrons. The minimum Gasteiger partial charge on any atom is -0.399 e. The van der Waals surface area contributed by atoms with Crippen LogP contribution < -0.4 is 11.5 Å². The molecule has 20 heavy (non-hydrogen) atoms. The lowest BCUT2D eigenvalue weighted by Crippen LogP contribution is -2.54. The monoisotopic (exact) mass is 319 g/mol. The molecule has 7 nitrogen and oxygen atoms in total. The Morgan fingerprint density at radius 3 is 2.80 bits per heavy atom. The normalized spacial score (nSPS) is 20.8. The van der Waals surface area contributed by atoms with Crippen molar-refractivity contribution in [2.75, 3.05) is 25.5 Å². The van der Waals surface area contributed by atoms with E-state index in [4.69, 9.17) is 27.8 Å². The molecule has 2 rings (SSSR count). The summed E-state index contributed by atoms with van der Waals surface area (Å²) in [6.45, 7) is 0.137. The van der Waals surface area contributed by atoms with Gasteiger partial charge in [0, 0.05) is 12.2 Å². The number of nitrogen functional groups attached to an aromatic ring is 1. The lowest BCUT2D eigenvalue weighted by molar-refractivity contribution is -0.125. The van der Waals surface area contributed by atoms with Gasteiger partial charge in [-0.15, -0.1) is 0 Å². The third-order valence-electron chi connectivity index (χ3n) is 2.95. The van der Waals surface area contributed by atoms with E-state index < -0.39 is 22.0 Å². The Hall–Kier alpha value is -1.35. The van der Waals surface area contributed by atoms with Crippen LogP contribution in [-0.2, 0) is 19.6 Å². The van der Waals surface area contributed by atoms with Gasteiger partial charge in [0.1, 0.15) is 10.9 Å². The molecule has 0 aliphatic carbocycles. The molecule has 1 atom stereocenters. The van der Waals surface area contributed by atoms with E-state index in [1.807, 2.05) is 0 Å². The summed E-state index contributed by atoms with van der Waals surface area (Å²) in [5, 5.41) is 0.0360. The van der Waals surface area contributed by atoms with Gasteiger partial charge in [-0.2, -0.15) is 4.31 Å². The maximum atomic E-state index is 12.6. The summed E-state index contributed by atoms with van der Waals surface area (Å²) in [6.07, 6.45) is 0. The lowest BCUT2D eigenvalue weighted by atomic mass is 10.3. The number of rotatable bonds is 3. The molecule has 1 amide bonds. The van der Waals surface area contributed by atoms with Crippen molar-refractivity contribution in [3.63, 3.8) is 0 Å². The molecule has 1 unspecified atom stereocenters. The van der Waals surface area contributed by atoms with Gasteiger partial charge < -0.3 is 16.2 Å². The lowest BCUT2D eigenvalue weighted by Gasteiger charge is -2.32. The highest BCUT2D eigenvalue weighted by molar-refractivity contribution is 7.89. The predicted octanol–water partition coefficient (Wildman–Crippen LogP) is -0.203. The van der Waals surface area contributed by atoms with Crippen molar-refractivity contribution in [3.8, 4) is 0 Å². The molecule has 0 radical (unpaired) electrons. The van der Waals surface area contributed by atoms with Gasteiger partial charge in [0.2, 0.25) is 15.9 Å². The van der Waals surface area contributed by atoms with Crippen LogP contribution in [0.25, 0.3) is 0 Å². The van der Waals surface area contributed by atoms with Crippen molar-refractivity contribution in [1.82, 2.24) is 4.31 Å². The highest BCUT2D eigenvalue weighted by Gasteiger charge is 2.38. The number of nitrogens with zero attached hydrogens (tertiary/aromatic N) is 1. The zero-order valence-corrected chi connectivity index (χ0v) is 12.0. The van der Waals surface area contributed by atoms with Gasteiger partial charge in [0.15, 0.2) is 0 Å². The predicted molar refractivity (Wildman–Crippen MR) is 73.6 cm³/mol. The summed E-state index contributed by atoms with van der Waals surface area (Å²) in [5.41, 5.74) is 11.1. The van der Waals surface area contributed by atoms with Gasteiger partial charge in [0.25, 0.3) is 0 Å². The van der Waals surface area contributed by atoms with E-state index in [0.29, 0.717) is 0 Å². The van der Waals surface area contributed by atoms with E-state index in [1.54, 1.807) is 0 Å². The van der Waals surface area contributed by atoms with Crippen LogP contribution in [-0.4, -0.2) is 44.4 Å². The smallest absolute Gasteiger partial charge is 0.245 e. The number of carbonyl (C=O) groups is 1. The van der Waals surface area contributed by atoms with Crippen molar-refractivity contribution >= 4 is 33.2 Å². The van der Waals surface area contributed by atoms with Gasteiger partial charge in [-0.05, 0) is 18.2 Å². The number of hydrogen-bond donors (Lipinski definition) is 2. The number of ether oxygens (including phenoxy) is 1. The second-order valence-electron chi connectivity index (χ2n) is 4.30. The zero-order valence-electron chi connectivity index (χ0n) is 10.5. The largest absolute Gasteiger partial charge is 0.399 e. The fraction of sp³-hybridized carbons (Fsp3) is 0.364. The Bertz CT molecular complexity index is 635. The first-order valence-electron chi connectivity index (χ1n) is 5.78. The number of halogens is 1. The van der Waals surface area contributed by atoms with Gasteiger partial charge in [0.05, 0.1) is 18.2 Å². The van der Waals surface area contributed by atoms with Crippen molar-refractivity contribution in [1.29, 1.82) is 0 Å². The highest BCUT2D eigenvalue weighted by atomic mass is 35.5. The van der Waals surface area contributed by atoms with Crippen LogP contribution in [0.15, 0.2) is 23.1 Å². The van der Waals surface area contributed by atoms with Crippen LogP contribution in [0, 0.1) is 0 Å². The second kappa shape index (κ2) is 5.57. The SMILES string of the molecule is NC(=O)C1COCCN1S(=O)(=O)c1cc(N)ccc1Cl. The number of primary amides is 1. The minimum atomic E-state index is -3.97. The summed E-state index contributed by atoms with van der Waals surface area (Å²) >= 11 is 5.92. The number of nitrogens with two attached hydrogens (primary N) is 2. The van der Waals surface area contributed by atoms with Crippen molar-refractivity contribution in [2.45, 2.75) is 10.9 Å². The molecule has 1 heterocycles. The van der Waals surface area contributed by atoms with Crippen LogP contribution in [0.3, 0.4) is 0 Å². The van der Waals surface area contributed by atoms with Gasteiger partial charge in [-0.3, -0.25) is 4.79 Å². The van der Waals surface area contributed by atoms with E-state index >= 15 is 0 Å². The van der Waals surface area contributed by atoms with Crippen molar-refractivity contribution in [2.24, 2.45) is 5.73 Å². The van der Waals surface area contributed by atoms with E-state index in [0.717, 1.165) is 4.31 Å². The van der Waals surface area contributed by atoms with Crippen molar-refractivity contribution < 1.29 is 17.9 Å². The average molecular weight is 320 g/mol. The Morgan fingerprint density at radius 2 is 2.15 bits per heavy atom. The summed E-state index contributed by atoms with van der Waals surface area (Å²) in [5.74, 6) is -0.770. The standard InChI is InChI=1S/C11H14ClN3O4S/c12-8-2-1-7(13)5-10(8)20(17,18)15-3-4-19-6-9(15)11(14)16/h1-2,5,9H,3-4,6,13H2,(H2,14,16). The van der Waals surface area contributed by atoms with Crippen LogP contribution in [0.4, 0.5) is 5.69 Å². The molecule has 1 aliphatic rings. The molecule has 1 aromatic rings. The number of anilines is 1. The average Bonchev–Trinajstić information content (AvgIpc) is 2.41. The topological polar surface area (TPSA) is 116 Å². The number of amides is 1. The van der Waals surface area contributed by atoms with Crippen LogP contribution in [0.1, 0.15) is 0 Å². The number of hydrogen-bond acceptors (Lipinski definition) is 5. The molecule has 0 bridgehead atoms. The molecular weight excluding hydrogens is 306 g/mol. The van der Waals surface area contributed by atoms with Crippen LogP contribution in [0.2, 0.25) is 5.02 Å². The minimum absolute atomic E-state index is 0.0288. The molecule has 4 N–H and O–H groups in total. The van der Waals surface area contributed by atoms with E-state index in [-0.39, 0.29) is 35.4 Å². The van der Waals surface area contributed by atoms with E-state index in [2.05, 4.69) is 0 Å². The third-order valence-corrected chi connectivity index (χ3v) is 5.34. The zero-order chi connectivity index (χ0) is 14.9. The fourth-order valence-corrected chi connectivity index (χ4v) is 4.02. The number of carbonyl (C=O) groups excluding carboxylic acids is 1. The van der Waals surface area contributed by atoms with Gasteiger partial charge in [-0.25, -0.2) is 8.42 Å². The van der Waals surface area contributed by atoms with E-state index in [9.17, 15) is 13.2 Å². The van der Waals surface area contributed by atoms with Crippen molar-refractivity contribution in [3.05, 3.63) is 23.2 Å². The first-order valence-corrected chi connectivity index (χ1v) is 7.60. The Kier molecular flexibility index (Phi) is 4.19. The third kappa shape index (κ3) is 2.73. The fourth-order valence-electron chi connectivity index (χ4n) is 1.94. The first kappa shape index (κ1) is 15.0. The molecule has 1 aliphatic heterocycles. The molecule has 1 fully saturated rings. The molecular formula is C11H14ClN3O4S. The summed E-state index contributed by atoms with van der Waals surface area (Å²) in [4.78, 5) is 11.2. The highest BCUT2D eigenvalue weighted by Crippen LogP contribution is 2.28. The first-order chi connectivity index (χ1) is 9.34. The van der Waals surface area contributed by atoms with Crippen LogP contribution >= 0.6 is 11.6 Å². The van der Waals surface area contributed by atoms with E-state index in [1.165, 1.54) is 18.2 Å². The summed E-state index contributed by atoms with van der Waals surface area (Å²) < 4.78 is 31.3. The summed E-state index contributed by atoms with van der Waals surface area (Å²) in [6, 6.07) is 3.09. The molecule has 0 saturated carbocycles. The van der Waals surface area contributed by atoms with Crippen LogP contribution in [0.5, 0.6) is 0 Å². The quantitative estimate of drug-likeness (QED) is 0.748. The molecule has 0 spiro atoms. The maximum absolute atomic E-state index is 12.6. The Labute approximate surface area is 121 Å². The number of benzene rings is 1. The molecule has 0 aromatic heterocycles. The maximum Gasteiger partial charge on any atom is 0.245 e. The molecule has 1 saturated heterocycles. The van der Waals surface area contributed by atoms with Gasteiger partial charge in [-0.1, -0.05) is 11.6 Å². The Balaban J connectivity index is 2.47. The molecule has 1 aromatic carbocycles. The Morgan fingerprint density at radius 1 is 1.45 bits per heavy atom. The van der Waals surface area contributed by atoms with Gasteiger partial charge >= 0.3 is 0 Å². The number of morpholine rings is 1. The summed E-state index contributed by atoms with van der Waals surface area (Å²) in [7, 11) is -3.97. The second-order valence-corrected chi connectivity index (χ2v) is 6.56.